The van der Waals surface area contributed by atoms with Crippen molar-refractivity contribution in [3.8, 4) is 0 Å². The third-order valence-electron chi connectivity index (χ3n) is 2.60. The number of nitrogens with one attached hydrogen (secondary N) is 1. The second kappa shape index (κ2) is 6.81. The Labute approximate surface area is 110 Å². The van der Waals surface area contributed by atoms with Crippen molar-refractivity contribution in [1.82, 2.24) is 5.32 Å². The molecule has 7 nitrogen and oxygen atoms in total. The minimum absolute atomic E-state index is 0.150. The van der Waals surface area contributed by atoms with Crippen LogP contribution in [0.4, 0.5) is 5.69 Å². The highest BCUT2D eigenvalue weighted by atomic mass is 16.6. The molecular formula is C12H16N2O5. The Morgan fingerprint density at radius 2 is 2.26 bits per heavy atom. The van der Waals surface area contributed by atoms with Crippen LogP contribution in [-0.4, -0.2) is 42.3 Å². The Hall–Kier alpha value is -1.99. The summed E-state index contributed by atoms with van der Waals surface area (Å²) in [5.41, 5.74) is 0.684. The molecule has 0 aromatic heterocycles. The third kappa shape index (κ3) is 4.01. The number of hydrogen-bond donors (Lipinski definition) is 2. The van der Waals surface area contributed by atoms with Gasteiger partial charge in [0.05, 0.1) is 24.2 Å². The van der Waals surface area contributed by atoms with Gasteiger partial charge in [0, 0.05) is 24.8 Å². The van der Waals surface area contributed by atoms with Crippen LogP contribution in [0.3, 0.4) is 0 Å². The van der Waals surface area contributed by atoms with E-state index in [-0.39, 0.29) is 24.5 Å². The van der Waals surface area contributed by atoms with Gasteiger partial charge in [-0.15, -0.1) is 0 Å². The molecule has 0 aliphatic heterocycles. The van der Waals surface area contributed by atoms with Crippen LogP contribution in [-0.2, 0) is 4.74 Å². The van der Waals surface area contributed by atoms with Crippen molar-refractivity contribution in [2.45, 2.75) is 13.0 Å². The highest BCUT2D eigenvalue weighted by Crippen LogP contribution is 2.17. The highest BCUT2D eigenvalue weighted by molar-refractivity contribution is 5.96. The largest absolute Gasteiger partial charge is 0.394 e. The van der Waals surface area contributed by atoms with E-state index in [1.54, 1.807) is 6.92 Å². The number of nitro benzene ring substituents is 1. The zero-order valence-corrected chi connectivity index (χ0v) is 10.8. The number of nitrogens with zero attached hydrogens (tertiary/aromatic N) is 1. The highest BCUT2D eigenvalue weighted by Gasteiger charge is 2.17. The number of amides is 1. The number of rotatable bonds is 6. The summed E-state index contributed by atoms with van der Waals surface area (Å²) < 4.78 is 4.84. The third-order valence-corrected chi connectivity index (χ3v) is 2.60. The van der Waals surface area contributed by atoms with E-state index in [1.807, 2.05) is 0 Å². The lowest BCUT2D eigenvalue weighted by Crippen LogP contribution is -2.40. The van der Waals surface area contributed by atoms with Gasteiger partial charge >= 0.3 is 0 Å². The molecule has 104 valence electrons. The van der Waals surface area contributed by atoms with Crippen molar-refractivity contribution in [3.05, 3.63) is 39.4 Å². The van der Waals surface area contributed by atoms with E-state index in [1.165, 1.54) is 25.3 Å². The Balaban J connectivity index is 2.92. The van der Waals surface area contributed by atoms with E-state index in [0.29, 0.717) is 5.56 Å². The Bertz CT molecular complexity index is 475. The van der Waals surface area contributed by atoms with E-state index >= 15 is 0 Å². The normalized spacial score (nSPS) is 11.9. The summed E-state index contributed by atoms with van der Waals surface area (Å²) in [6.07, 6.45) is 0. The van der Waals surface area contributed by atoms with Crippen LogP contribution < -0.4 is 5.32 Å². The van der Waals surface area contributed by atoms with E-state index < -0.39 is 16.9 Å². The second-order valence-corrected chi connectivity index (χ2v) is 4.06. The molecule has 0 heterocycles. The van der Waals surface area contributed by atoms with Gasteiger partial charge in [0.15, 0.2) is 0 Å². The molecule has 19 heavy (non-hydrogen) atoms. The summed E-state index contributed by atoms with van der Waals surface area (Å²) in [6, 6.07) is 3.52. The van der Waals surface area contributed by atoms with Gasteiger partial charge in [-0.2, -0.15) is 0 Å². The first-order valence-electron chi connectivity index (χ1n) is 5.65. The first-order valence-corrected chi connectivity index (χ1v) is 5.65. The molecule has 0 saturated heterocycles. The fraction of sp³-hybridized carbons (Fsp3) is 0.417. The van der Waals surface area contributed by atoms with Crippen molar-refractivity contribution in [2.75, 3.05) is 20.3 Å². The van der Waals surface area contributed by atoms with Crippen LogP contribution >= 0.6 is 0 Å². The van der Waals surface area contributed by atoms with Gasteiger partial charge < -0.3 is 15.2 Å². The number of methoxy groups -OCH3 is 1. The molecule has 1 unspecified atom stereocenters. The molecule has 1 aromatic rings. The smallest absolute Gasteiger partial charge is 0.270 e. The summed E-state index contributed by atoms with van der Waals surface area (Å²) >= 11 is 0. The molecule has 0 aliphatic rings. The molecule has 0 saturated carbocycles. The molecule has 0 aliphatic carbocycles. The Morgan fingerprint density at radius 1 is 1.58 bits per heavy atom. The molecule has 7 heteroatoms. The zero-order chi connectivity index (χ0) is 14.4. The van der Waals surface area contributed by atoms with Crippen molar-refractivity contribution >= 4 is 11.6 Å². The maximum Gasteiger partial charge on any atom is 0.270 e. The maximum atomic E-state index is 12.0. The first kappa shape index (κ1) is 15.1. The van der Waals surface area contributed by atoms with Gasteiger partial charge in [-0.25, -0.2) is 0 Å². The number of carbonyl (C=O) groups is 1. The van der Waals surface area contributed by atoms with Crippen molar-refractivity contribution in [3.63, 3.8) is 0 Å². The number of aliphatic hydroxyl groups excluding tert-OH is 1. The average molecular weight is 268 g/mol. The molecule has 1 aromatic carbocycles. The number of nitro groups is 1. The predicted octanol–water partition coefficient (Wildman–Crippen LogP) is 0.640. The fourth-order valence-corrected chi connectivity index (χ4v) is 1.57. The molecule has 0 radical (unpaired) electrons. The molecular weight excluding hydrogens is 252 g/mol. The lowest BCUT2D eigenvalue weighted by atomic mass is 10.1. The van der Waals surface area contributed by atoms with Crippen LogP contribution in [0.1, 0.15) is 15.9 Å². The van der Waals surface area contributed by atoms with Gasteiger partial charge in [0.2, 0.25) is 0 Å². The lowest BCUT2D eigenvalue weighted by Gasteiger charge is -2.15. The van der Waals surface area contributed by atoms with Gasteiger partial charge in [-0.1, -0.05) is 6.07 Å². The molecule has 0 bridgehead atoms. The summed E-state index contributed by atoms with van der Waals surface area (Å²) in [4.78, 5) is 22.1. The zero-order valence-electron chi connectivity index (χ0n) is 10.8. The van der Waals surface area contributed by atoms with Crippen LogP contribution in [0.25, 0.3) is 0 Å². The standard InChI is InChI=1S/C12H16N2O5/c1-8-3-4-10(14(17)18)5-11(8)12(16)13-9(6-15)7-19-2/h3-5,9,15H,6-7H2,1-2H3,(H,13,16). The quantitative estimate of drug-likeness (QED) is 0.582. The SMILES string of the molecule is COCC(CO)NC(=O)c1cc([N+](=O)[O-])ccc1C. The van der Waals surface area contributed by atoms with E-state index in [4.69, 9.17) is 9.84 Å². The molecule has 0 fully saturated rings. The molecule has 0 spiro atoms. The van der Waals surface area contributed by atoms with Gasteiger partial charge in [-0.3, -0.25) is 14.9 Å². The van der Waals surface area contributed by atoms with Crippen molar-refractivity contribution < 1.29 is 19.6 Å². The molecule has 2 N–H and O–H groups in total. The topological polar surface area (TPSA) is 102 Å². The molecule has 1 atom stereocenters. The number of benzene rings is 1. The van der Waals surface area contributed by atoms with Crippen molar-refractivity contribution in [2.24, 2.45) is 0 Å². The fourth-order valence-electron chi connectivity index (χ4n) is 1.57. The number of ether oxygens (including phenoxy) is 1. The van der Waals surface area contributed by atoms with Crippen LogP contribution in [0, 0.1) is 17.0 Å². The van der Waals surface area contributed by atoms with Gasteiger partial charge in [-0.05, 0) is 12.5 Å². The number of carbonyl (C=O) groups excluding carboxylic acids is 1. The summed E-state index contributed by atoms with van der Waals surface area (Å²) in [5.74, 6) is -0.475. The van der Waals surface area contributed by atoms with Crippen LogP contribution in [0.5, 0.6) is 0 Å². The summed E-state index contributed by atoms with van der Waals surface area (Å²) in [6.45, 7) is 1.58. The summed E-state index contributed by atoms with van der Waals surface area (Å²) in [5, 5.41) is 22.3. The number of non-ortho nitro benzene ring substituents is 1. The lowest BCUT2D eigenvalue weighted by molar-refractivity contribution is -0.384. The number of hydrogen-bond acceptors (Lipinski definition) is 5. The maximum absolute atomic E-state index is 12.0. The average Bonchev–Trinajstić information content (AvgIpc) is 2.38. The van der Waals surface area contributed by atoms with Gasteiger partial charge in [0.25, 0.3) is 11.6 Å². The van der Waals surface area contributed by atoms with Crippen molar-refractivity contribution in [1.29, 1.82) is 0 Å². The minimum Gasteiger partial charge on any atom is -0.394 e. The predicted molar refractivity (Wildman–Crippen MR) is 68.0 cm³/mol. The van der Waals surface area contributed by atoms with E-state index in [2.05, 4.69) is 5.32 Å². The first-order chi connectivity index (χ1) is 8.99. The second-order valence-electron chi connectivity index (χ2n) is 4.06. The van der Waals surface area contributed by atoms with E-state index in [9.17, 15) is 14.9 Å². The summed E-state index contributed by atoms with van der Waals surface area (Å²) in [7, 11) is 1.45. The number of aliphatic hydroxyl groups is 1. The van der Waals surface area contributed by atoms with E-state index in [0.717, 1.165) is 0 Å². The van der Waals surface area contributed by atoms with Crippen LogP contribution in [0.15, 0.2) is 18.2 Å². The minimum atomic E-state index is -0.561. The molecule has 1 amide bonds. The Kier molecular flexibility index (Phi) is 5.40. The Morgan fingerprint density at radius 3 is 2.79 bits per heavy atom. The van der Waals surface area contributed by atoms with Gasteiger partial charge in [0.1, 0.15) is 0 Å². The number of aryl methyl sites for hydroxylation is 1. The monoisotopic (exact) mass is 268 g/mol. The van der Waals surface area contributed by atoms with Crippen LogP contribution in [0.2, 0.25) is 0 Å². The molecule has 1 rings (SSSR count).